The summed E-state index contributed by atoms with van der Waals surface area (Å²) in [5, 5.41) is 30.5. The molecule has 0 aromatic carbocycles. The lowest BCUT2D eigenvalue weighted by Crippen LogP contribution is -2.47. The van der Waals surface area contributed by atoms with Crippen LogP contribution in [0.4, 0.5) is 17.8 Å². The summed E-state index contributed by atoms with van der Waals surface area (Å²) < 4.78 is 0. The Morgan fingerprint density at radius 1 is 1.20 bits per heavy atom. The Bertz CT molecular complexity index is 529. The van der Waals surface area contributed by atoms with E-state index in [2.05, 4.69) is 67.6 Å². The lowest BCUT2D eigenvalue weighted by molar-refractivity contribution is 0.663. The van der Waals surface area contributed by atoms with Gasteiger partial charge in [-0.25, -0.2) is 11.3 Å². The van der Waals surface area contributed by atoms with E-state index in [1.807, 2.05) is 6.92 Å². The van der Waals surface area contributed by atoms with Gasteiger partial charge in [-0.3, -0.25) is 16.2 Å². The highest BCUT2D eigenvalue weighted by Gasteiger charge is 2.04. The van der Waals surface area contributed by atoms with Crippen molar-refractivity contribution in [3.05, 3.63) is 0 Å². The number of guanidine groups is 1. The van der Waals surface area contributed by atoms with E-state index in [9.17, 15) is 0 Å². The third kappa shape index (κ3) is 3.75. The smallest absolute Gasteiger partial charge is 0.291 e. The molecule has 0 unspecified atom stereocenters. The third-order valence-electron chi connectivity index (χ3n) is 1.77. The van der Waals surface area contributed by atoms with Crippen LogP contribution in [0.25, 0.3) is 0 Å². The minimum Gasteiger partial charge on any atom is -0.293 e. The van der Waals surface area contributed by atoms with Gasteiger partial charge in [-0.2, -0.15) is 10.2 Å². The molecular formula is C6H12N14. The standard InChI is InChI=1S/C6H12N14/c1-2-8-12-3(11-7)9-4-13-15-5(16-14-4)10-6-17-19-20-18-6/h8H,2,7H2,1H3,(H2,9,11,12,13,14)(H2,10,15,16,17,18,19,20). The first-order valence-electron chi connectivity index (χ1n) is 5.44. The van der Waals surface area contributed by atoms with Gasteiger partial charge in [0.05, 0.1) is 0 Å². The molecular weight excluding hydrogens is 268 g/mol. The second-order valence-electron chi connectivity index (χ2n) is 3.14. The number of nitrogens with zero attached hydrogens (tertiary/aromatic N) is 8. The number of aromatic nitrogens is 8. The van der Waals surface area contributed by atoms with Crippen molar-refractivity contribution in [1.82, 2.24) is 57.3 Å². The van der Waals surface area contributed by atoms with Crippen molar-refractivity contribution in [2.75, 3.05) is 11.9 Å². The minimum atomic E-state index is 0.0158. The molecule has 0 saturated heterocycles. The maximum Gasteiger partial charge on any atom is 0.291 e. The maximum atomic E-state index is 5.26. The van der Waals surface area contributed by atoms with Crippen LogP contribution < -0.4 is 27.4 Å². The molecule has 0 atom stereocenters. The van der Waals surface area contributed by atoms with E-state index in [4.69, 9.17) is 5.84 Å². The summed E-state index contributed by atoms with van der Waals surface area (Å²) in [6.07, 6.45) is 0. The molecule has 0 spiro atoms. The van der Waals surface area contributed by atoms with Crippen LogP contribution >= 0.6 is 0 Å². The number of rotatable bonds is 5. The van der Waals surface area contributed by atoms with Crippen LogP contribution in [0.5, 0.6) is 0 Å². The average molecular weight is 280 g/mol. The normalized spacial score (nSPS) is 11.2. The van der Waals surface area contributed by atoms with Crippen LogP contribution in [0, 0.1) is 0 Å². The van der Waals surface area contributed by atoms with Gasteiger partial charge in [-0.05, 0) is 5.21 Å². The van der Waals surface area contributed by atoms with Gasteiger partial charge in [0.25, 0.3) is 17.8 Å². The number of anilines is 2. The van der Waals surface area contributed by atoms with Crippen molar-refractivity contribution in [2.24, 2.45) is 10.8 Å². The first kappa shape index (κ1) is 13.4. The molecule has 0 bridgehead atoms. The number of nitrogens with one attached hydrogen (secondary N) is 5. The van der Waals surface area contributed by atoms with Gasteiger partial charge in [-0.15, -0.1) is 25.5 Å². The Balaban J connectivity index is 2.01. The zero-order valence-corrected chi connectivity index (χ0v) is 10.4. The Kier molecular flexibility index (Phi) is 4.57. The SMILES string of the molecule is CCNNC(=Nc1nnc(Nc2nn[nH]n2)nn1)NN. The van der Waals surface area contributed by atoms with Crippen molar-refractivity contribution in [3.8, 4) is 0 Å². The topological polar surface area (TPSA) is 193 Å². The summed E-state index contributed by atoms with van der Waals surface area (Å²) >= 11 is 0. The number of aliphatic imine (C=N–C) groups is 1. The van der Waals surface area contributed by atoms with Crippen molar-refractivity contribution in [3.63, 3.8) is 0 Å². The molecule has 20 heavy (non-hydrogen) atoms. The van der Waals surface area contributed by atoms with Crippen molar-refractivity contribution >= 4 is 23.8 Å². The fraction of sp³-hybridized carbons (Fsp3) is 0.333. The first-order valence-corrected chi connectivity index (χ1v) is 5.44. The average Bonchev–Trinajstić information content (AvgIpc) is 2.98. The number of H-pyrrole nitrogens is 1. The molecule has 0 amide bonds. The molecule has 2 heterocycles. The molecule has 2 rings (SSSR count). The lowest BCUT2D eigenvalue weighted by atomic mass is 10.8. The van der Waals surface area contributed by atoms with Crippen LogP contribution in [0.2, 0.25) is 0 Å². The van der Waals surface area contributed by atoms with Gasteiger partial charge in [0.1, 0.15) is 0 Å². The number of nitrogens with two attached hydrogens (primary N) is 1. The highest BCUT2D eigenvalue weighted by molar-refractivity contribution is 5.80. The van der Waals surface area contributed by atoms with Crippen molar-refractivity contribution in [2.45, 2.75) is 6.92 Å². The van der Waals surface area contributed by atoms with Gasteiger partial charge in [0.15, 0.2) is 0 Å². The van der Waals surface area contributed by atoms with Crippen LogP contribution in [-0.2, 0) is 0 Å². The largest absolute Gasteiger partial charge is 0.293 e. The predicted molar refractivity (Wildman–Crippen MR) is 66.3 cm³/mol. The number of hydrogen-bond donors (Lipinski definition) is 6. The Morgan fingerprint density at radius 3 is 2.60 bits per heavy atom. The zero-order valence-electron chi connectivity index (χ0n) is 10.4. The predicted octanol–water partition coefficient (Wildman–Crippen LogP) is -2.91. The molecule has 2 aromatic rings. The summed E-state index contributed by atoms with van der Waals surface area (Å²) in [5.74, 6) is 5.80. The van der Waals surface area contributed by atoms with Crippen molar-refractivity contribution in [1.29, 1.82) is 0 Å². The van der Waals surface area contributed by atoms with Crippen LogP contribution in [0.15, 0.2) is 4.99 Å². The number of aromatic amines is 1. The monoisotopic (exact) mass is 280 g/mol. The molecule has 0 aliphatic rings. The quantitative estimate of drug-likeness (QED) is 0.142. The van der Waals surface area contributed by atoms with Gasteiger partial charge >= 0.3 is 0 Å². The first-order chi connectivity index (χ1) is 9.81. The summed E-state index contributed by atoms with van der Waals surface area (Å²) in [6.45, 7) is 2.57. The second-order valence-corrected chi connectivity index (χ2v) is 3.14. The summed E-state index contributed by atoms with van der Waals surface area (Å²) in [4.78, 5) is 3.93. The van der Waals surface area contributed by atoms with Crippen LogP contribution in [0.1, 0.15) is 6.92 Å². The summed E-state index contributed by atoms with van der Waals surface area (Å²) in [7, 11) is 0. The number of hydrazine groups is 2. The highest BCUT2D eigenvalue weighted by atomic mass is 15.5. The van der Waals surface area contributed by atoms with Crippen LogP contribution in [-0.4, -0.2) is 53.5 Å². The molecule has 0 aliphatic carbocycles. The molecule has 106 valence electrons. The number of tetrazole rings is 1. The van der Waals surface area contributed by atoms with E-state index in [0.717, 1.165) is 0 Å². The summed E-state index contributed by atoms with van der Waals surface area (Å²) in [5.41, 5.74) is 7.83. The molecule has 14 heteroatoms. The van der Waals surface area contributed by atoms with E-state index in [-0.39, 0.29) is 23.8 Å². The summed E-state index contributed by atoms with van der Waals surface area (Å²) in [6, 6.07) is 0. The number of hydrogen-bond acceptors (Lipinski definition) is 11. The zero-order chi connectivity index (χ0) is 14.2. The van der Waals surface area contributed by atoms with E-state index in [0.29, 0.717) is 6.54 Å². The molecule has 0 fully saturated rings. The minimum absolute atomic E-state index is 0.0158. The third-order valence-corrected chi connectivity index (χ3v) is 1.77. The van der Waals surface area contributed by atoms with E-state index >= 15 is 0 Å². The molecule has 7 N–H and O–H groups in total. The Hall–Kier alpha value is -3.00. The van der Waals surface area contributed by atoms with Gasteiger partial charge < -0.3 is 0 Å². The molecule has 14 nitrogen and oxygen atoms in total. The van der Waals surface area contributed by atoms with Gasteiger partial charge in [-0.1, -0.05) is 12.0 Å². The fourth-order valence-corrected chi connectivity index (χ4v) is 1.00. The maximum absolute atomic E-state index is 5.26. The van der Waals surface area contributed by atoms with E-state index in [1.54, 1.807) is 0 Å². The van der Waals surface area contributed by atoms with Gasteiger partial charge in [0, 0.05) is 6.54 Å². The van der Waals surface area contributed by atoms with E-state index < -0.39 is 0 Å². The van der Waals surface area contributed by atoms with Gasteiger partial charge in [0.2, 0.25) is 5.96 Å². The molecule has 0 aliphatic heterocycles. The highest BCUT2D eigenvalue weighted by Crippen LogP contribution is 2.04. The second kappa shape index (κ2) is 6.81. The molecule has 0 radical (unpaired) electrons. The Labute approximate surface area is 112 Å². The molecule has 2 aromatic heterocycles. The van der Waals surface area contributed by atoms with Crippen LogP contribution in [0.3, 0.4) is 0 Å². The van der Waals surface area contributed by atoms with E-state index in [1.165, 1.54) is 0 Å². The fourth-order valence-electron chi connectivity index (χ4n) is 1.00. The Morgan fingerprint density at radius 2 is 2.00 bits per heavy atom. The van der Waals surface area contributed by atoms with Crippen molar-refractivity contribution < 1.29 is 0 Å². The molecule has 0 saturated carbocycles. The lowest BCUT2D eigenvalue weighted by Gasteiger charge is -2.07.